The van der Waals surface area contributed by atoms with Crippen molar-refractivity contribution in [1.29, 1.82) is 0 Å². The zero-order valence-electron chi connectivity index (χ0n) is 22.8. The van der Waals surface area contributed by atoms with Gasteiger partial charge < -0.3 is 19.9 Å². The number of carbonyl (C=O) groups is 1. The zero-order valence-corrected chi connectivity index (χ0v) is 23.7. The molecule has 0 saturated heterocycles. The Hall–Kier alpha value is -3.66. The summed E-state index contributed by atoms with van der Waals surface area (Å²) in [6.07, 6.45) is 6.60. The number of fused-ring (bicyclic) bond motifs is 3. The summed E-state index contributed by atoms with van der Waals surface area (Å²) in [5.41, 5.74) is 2.89. The van der Waals surface area contributed by atoms with Crippen molar-refractivity contribution < 1.29 is 13.9 Å². The number of hydrogen-bond acceptors (Lipinski definition) is 7. The number of thiophene rings is 1. The van der Waals surface area contributed by atoms with E-state index in [0.717, 1.165) is 39.4 Å². The number of likely N-dealkylation sites (N-methyl/N-ethyl adjacent to an activating group) is 1. The minimum atomic E-state index is -0.254. The van der Waals surface area contributed by atoms with E-state index in [0.29, 0.717) is 31.7 Å². The highest BCUT2D eigenvalue weighted by Gasteiger charge is 2.26. The Balaban J connectivity index is 1.32. The largest absolute Gasteiger partial charge is 0.377 e. The van der Waals surface area contributed by atoms with Gasteiger partial charge in [0.2, 0.25) is 5.91 Å². The third-order valence-corrected chi connectivity index (χ3v) is 8.08. The first-order valence-electron chi connectivity index (χ1n) is 13.5. The van der Waals surface area contributed by atoms with E-state index in [9.17, 15) is 9.18 Å². The summed E-state index contributed by atoms with van der Waals surface area (Å²) in [7, 11) is 3.96. The second-order valence-electron chi connectivity index (χ2n) is 10.1. The van der Waals surface area contributed by atoms with Gasteiger partial charge in [-0.3, -0.25) is 4.79 Å². The summed E-state index contributed by atoms with van der Waals surface area (Å²) in [5.74, 6) is 0.570. The molecule has 40 heavy (non-hydrogen) atoms. The van der Waals surface area contributed by atoms with E-state index in [1.807, 2.05) is 54.2 Å². The van der Waals surface area contributed by atoms with Crippen LogP contribution in [0.2, 0.25) is 0 Å². The summed E-state index contributed by atoms with van der Waals surface area (Å²) in [5, 5.41) is 4.70. The van der Waals surface area contributed by atoms with Gasteiger partial charge in [-0.05, 0) is 44.1 Å². The summed E-state index contributed by atoms with van der Waals surface area (Å²) < 4.78 is 19.9. The molecule has 1 atom stereocenters. The number of halogens is 1. The van der Waals surface area contributed by atoms with Gasteiger partial charge in [-0.2, -0.15) is 0 Å². The number of anilines is 1. The van der Waals surface area contributed by atoms with Crippen molar-refractivity contribution in [2.45, 2.75) is 32.0 Å². The molecule has 2 aromatic carbocycles. The van der Waals surface area contributed by atoms with Crippen LogP contribution >= 0.6 is 11.3 Å². The van der Waals surface area contributed by atoms with Crippen molar-refractivity contribution in [2.75, 3.05) is 39.1 Å². The van der Waals surface area contributed by atoms with Crippen LogP contribution in [0.25, 0.3) is 10.2 Å². The molecule has 2 aromatic heterocycles. The van der Waals surface area contributed by atoms with Crippen molar-refractivity contribution in [1.82, 2.24) is 19.8 Å². The van der Waals surface area contributed by atoms with Crippen molar-refractivity contribution in [3.8, 4) is 0 Å². The molecular formula is C31H34FN5O2S. The van der Waals surface area contributed by atoms with Gasteiger partial charge in [-0.1, -0.05) is 54.6 Å². The highest BCUT2D eigenvalue weighted by Crippen LogP contribution is 2.38. The fourth-order valence-electron chi connectivity index (χ4n) is 4.87. The molecule has 1 amide bonds. The third kappa shape index (κ3) is 6.72. The minimum Gasteiger partial charge on any atom is -0.377 e. The number of nitrogens with zero attached hydrogens (tertiary/aromatic N) is 4. The van der Waals surface area contributed by atoms with Crippen LogP contribution in [0.4, 0.5) is 10.2 Å². The third-order valence-electron chi connectivity index (χ3n) is 6.96. The summed E-state index contributed by atoms with van der Waals surface area (Å²) >= 11 is 1.63. The Labute approximate surface area is 238 Å². The van der Waals surface area contributed by atoms with E-state index in [4.69, 9.17) is 4.74 Å². The van der Waals surface area contributed by atoms with Gasteiger partial charge >= 0.3 is 0 Å². The van der Waals surface area contributed by atoms with Crippen LogP contribution in [-0.4, -0.2) is 59.5 Å². The van der Waals surface area contributed by atoms with Gasteiger partial charge in [-0.15, -0.1) is 11.3 Å². The lowest BCUT2D eigenvalue weighted by molar-refractivity contribution is -0.126. The van der Waals surface area contributed by atoms with Crippen LogP contribution in [-0.2, 0) is 29.1 Å². The molecule has 0 unspecified atom stereocenters. The van der Waals surface area contributed by atoms with Gasteiger partial charge in [0.25, 0.3) is 0 Å². The molecule has 0 radical (unpaired) electrons. The quantitative estimate of drug-likeness (QED) is 0.191. The van der Waals surface area contributed by atoms with Crippen LogP contribution in [0, 0.1) is 5.82 Å². The molecule has 4 aromatic rings. The first-order chi connectivity index (χ1) is 19.5. The number of nitrogens with one attached hydrogen (secondary N) is 1. The SMILES string of the molecule is CN(C)CC=CC(=O)N1CCc2c(sc3ncnc(N[C@H](CCOCc4ccccc4F)c4ccccc4)c23)C1. The average molecular weight is 560 g/mol. The Morgan fingerprint density at radius 2 is 1.98 bits per heavy atom. The Bertz CT molecular complexity index is 1470. The van der Waals surface area contributed by atoms with Crippen LogP contribution in [0.15, 0.2) is 73.1 Å². The highest BCUT2D eigenvalue weighted by molar-refractivity contribution is 7.19. The Kier molecular flexibility index (Phi) is 9.15. The fourth-order valence-corrected chi connectivity index (χ4v) is 6.07. The Morgan fingerprint density at radius 3 is 2.77 bits per heavy atom. The maximum absolute atomic E-state index is 14.0. The summed E-state index contributed by atoms with van der Waals surface area (Å²) in [6, 6.07) is 16.8. The lowest BCUT2D eigenvalue weighted by atomic mass is 10.0. The molecule has 0 fully saturated rings. The van der Waals surface area contributed by atoms with E-state index in [1.54, 1.807) is 35.9 Å². The smallest absolute Gasteiger partial charge is 0.246 e. The van der Waals surface area contributed by atoms with Crippen molar-refractivity contribution >= 4 is 33.3 Å². The fraction of sp³-hybridized carbons (Fsp3) is 0.323. The van der Waals surface area contributed by atoms with Crippen molar-refractivity contribution in [3.05, 3.63) is 100 Å². The van der Waals surface area contributed by atoms with Gasteiger partial charge in [0.1, 0.15) is 22.8 Å². The molecule has 1 N–H and O–H groups in total. The number of aromatic nitrogens is 2. The van der Waals surface area contributed by atoms with Gasteiger partial charge in [-0.25, -0.2) is 14.4 Å². The molecule has 7 nitrogen and oxygen atoms in total. The predicted octanol–water partition coefficient (Wildman–Crippen LogP) is 5.59. The van der Waals surface area contributed by atoms with E-state index in [-0.39, 0.29) is 24.4 Å². The monoisotopic (exact) mass is 559 g/mol. The van der Waals surface area contributed by atoms with Crippen molar-refractivity contribution in [3.63, 3.8) is 0 Å². The standard InChI is InChI=1S/C31H34FN5O2S/c1-36(2)16-8-13-28(38)37-17-14-24-27(19-37)40-31-29(24)30(33-21-34-31)35-26(22-9-4-3-5-10-22)15-18-39-20-23-11-6-7-12-25(23)32/h3-13,21,26H,14-20H2,1-2H3,(H,33,34,35)/t26-/m1/s1. The topological polar surface area (TPSA) is 70.6 Å². The van der Waals surface area contributed by atoms with Crippen molar-refractivity contribution in [2.24, 2.45) is 0 Å². The second kappa shape index (κ2) is 13.1. The van der Waals surface area contributed by atoms with E-state index in [2.05, 4.69) is 27.4 Å². The first-order valence-corrected chi connectivity index (χ1v) is 14.3. The average Bonchev–Trinajstić information content (AvgIpc) is 3.34. The van der Waals surface area contributed by atoms with Crippen LogP contribution in [0.5, 0.6) is 0 Å². The molecular weight excluding hydrogens is 525 g/mol. The van der Waals surface area contributed by atoms with Crippen LogP contribution in [0.1, 0.15) is 34.0 Å². The molecule has 0 bridgehead atoms. The molecule has 0 aliphatic carbocycles. The molecule has 1 aliphatic heterocycles. The molecule has 5 rings (SSSR count). The molecule has 9 heteroatoms. The lowest BCUT2D eigenvalue weighted by Gasteiger charge is -2.26. The maximum Gasteiger partial charge on any atom is 0.246 e. The molecule has 0 saturated carbocycles. The first kappa shape index (κ1) is 27.9. The molecule has 1 aliphatic rings. The number of hydrogen-bond donors (Lipinski definition) is 1. The highest BCUT2D eigenvalue weighted by atomic mass is 32.1. The van der Waals surface area contributed by atoms with Crippen LogP contribution < -0.4 is 5.32 Å². The summed E-state index contributed by atoms with van der Waals surface area (Å²) in [4.78, 5) is 28.0. The number of rotatable bonds is 11. The maximum atomic E-state index is 14.0. The number of ether oxygens (including phenoxy) is 1. The summed E-state index contributed by atoms with van der Waals surface area (Å²) in [6.45, 7) is 2.64. The number of benzene rings is 2. The van der Waals surface area contributed by atoms with Gasteiger partial charge in [0.15, 0.2) is 0 Å². The van der Waals surface area contributed by atoms with Crippen LogP contribution in [0.3, 0.4) is 0 Å². The normalized spacial score (nSPS) is 14.2. The lowest BCUT2D eigenvalue weighted by Crippen LogP contribution is -2.34. The Morgan fingerprint density at radius 1 is 1.18 bits per heavy atom. The molecule has 3 heterocycles. The van der Waals surface area contributed by atoms with E-state index >= 15 is 0 Å². The zero-order chi connectivity index (χ0) is 27.9. The number of amides is 1. The second-order valence-corrected chi connectivity index (χ2v) is 11.2. The van der Waals surface area contributed by atoms with Gasteiger partial charge in [0.05, 0.1) is 24.6 Å². The van der Waals surface area contributed by atoms with E-state index in [1.165, 1.54) is 11.6 Å². The van der Waals surface area contributed by atoms with Gasteiger partial charge in [0, 0.05) is 36.2 Å². The van der Waals surface area contributed by atoms with E-state index < -0.39 is 0 Å². The minimum absolute atomic E-state index is 0.0360. The molecule has 208 valence electrons. The predicted molar refractivity (Wildman–Crippen MR) is 158 cm³/mol. The number of carbonyl (C=O) groups excluding carboxylic acids is 1. The molecule has 0 spiro atoms.